The first-order valence-corrected chi connectivity index (χ1v) is 7.05. The fourth-order valence-corrected chi connectivity index (χ4v) is 3.16. The average molecular weight is 281 g/mol. The van der Waals surface area contributed by atoms with Gasteiger partial charge in [0.15, 0.2) is 0 Å². The molecule has 0 bridgehead atoms. The van der Waals surface area contributed by atoms with Gasteiger partial charge in [-0.15, -0.1) is 0 Å². The Labute approximate surface area is 115 Å². The lowest BCUT2D eigenvalue weighted by molar-refractivity contribution is -0.137. The molecule has 0 spiro atoms. The molecular weight excluding hydrogens is 266 g/mol. The lowest BCUT2D eigenvalue weighted by Gasteiger charge is -2.36. The van der Waals surface area contributed by atoms with Gasteiger partial charge in [-0.3, -0.25) is 14.6 Å². The standard InChI is InChI=1S/C12H15N3O3S/c13-12(18)10-5-8(1-2-14-10)15-3-4-19-7-9(15)6-11(16)17/h1-2,5,9H,3-4,6-7H2,(H2,13,18)(H,16,17). The number of carboxylic acid groups (broad SMARTS) is 1. The Bertz CT molecular complexity index is 495. The predicted molar refractivity (Wildman–Crippen MR) is 73.5 cm³/mol. The molecule has 0 aliphatic carbocycles. The molecule has 1 aromatic heterocycles. The van der Waals surface area contributed by atoms with Crippen LogP contribution >= 0.6 is 11.8 Å². The molecule has 1 amide bonds. The Balaban J connectivity index is 2.24. The van der Waals surface area contributed by atoms with Gasteiger partial charge in [0.2, 0.25) is 0 Å². The summed E-state index contributed by atoms with van der Waals surface area (Å²) in [4.78, 5) is 27.9. The van der Waals surface area contributed by atoms with E-state index in [1.165, 1.54) is 6.20 Å². The van der Waals surface area contributed by atoms with Crippen LogP contribution in [0.15, 0.2) is 18.3 Å². The zero-order valence-electron chi connectivity index (χ0n) is 10.3. The van der Waals surface area contributed by atoms with Crippen LogP contribution in [0, 0.1) is 0 Å². The second-order valence-corrected chi connectivity index (χ2v) is 5.43. The molecule has 7 heteroatoms. The second-order valence-electron chi connectivity index (χ2n) is 4.28. The topological polar surface area (TPSA) is 96.5 Å². The lowest BCUT2D eigenvalue weighted by Crippen LogP contribution is -2.43. The van der Waals surface area contributed by atoms with Gasteiger partial charge in [-0.05, 0) is 12.1 Å². The Morgan fingerprint density at radius 1 is 1.58 bits per heavy atom. The van der Waals surface area contributed by atoms with Gasteiger partial charge < -0.3 is 15.7 Å². The summed E-state index contributed by atoms with van der Waals surface area (Å²) in [6, 6.07) is 3.32. The van der Waals surface area contributed by atoms with E-state index in [0.717, 1.165) is 23.7 Å². The Morgan fingerprint density at radius 3 is 3.05 bits per heavy atom. The molecule has 0 aromatic carbocycles. The van der Waals surface area contributed by atoms with Crippen LogP contribution in [0.2, 0.25) is 0 Å². The number of pyridine rings is 1. The summed E-state index contributed by atoms with van der Waals surface area (Å²) in [7, 11) is 0. The molecule has 1 atom stereocenters. The van der Waals surface area contributed by atoms with Gasteiger partial charge in [-0.2, -0.15) is 11.8 Å². The van der Waals surface area contributed by atoms with Crippen molar-refractivity contribution in [3.8, 4) is 0 Å². The number of aliphatic carboxylic acids is 1. The zero-order valence-corrected chi connectivity index (χ0v) is 11.1. The lowest BCUT2D eigenvalue weighted by atomic mass is 10.1. The SMILES string of the molecule is NC(=O)c1cc(N2CCSCC2CC(=O)O)ccn1. The van der Waals surface area contributed by atoms with Crippen molar-refractivity contribution in [2.45, 2.75) is 12.5 Å². The highest BCUT2D eigenvalue weighted by atomic mass is 32.2. The molecule has 1 saturated heterocycles. The van der Waals surface area contributed by atoms with Crippen molar-refractivity contribution in [3.05, 3.63) is 24.0 Å². The number of carbonyl (C=O) groups excluding carboxylic acids is 1. The third-order valence-corrected chi connectivity index (χ3v) is 4.06. The first-order valence-electron chi connectivity index (χ1n) is 5.90. The van der Waals surface area contributed by atoms with E-state index >= 15 is 0 Å². The number of hydrogen-bond acceptors (Lipinski definition) is 5. The van der Waals surface area contributed by atoms with Gasteiger partial charge in [0, 0.05) is 36.0 Å². The van der Waals surface area contributed by atoms with Crippen molar-refractivity contribution in [2.75, 3.05) is 23.0 Å². The first kappa shape index (κ1) is 13.7. The largest absolute Gasteiger partial charge is 0.481 e. The van der Waals surface area contributed by atoms with E-state index in [9.17, 15) is 9.59 Å². The van der Waals surface area contributed by atoms with Crippen molar-refractivity contribution in [1.29, 1.82) is 0 Å². The second kappa shape index (κ2) is 5.92. The zero-order chi connectivity index (χ0) is 13.8. The van der Waals surface area contributed by atoms with Gasteiger partial charge in [0.25, 0.3) is 5.91 Å². The molecular formula is C12H15N3O3S. The number of nitrogens with zero attached hydrogens (tertiary/aromatic N) is 2. The van der Waals surface area contributed by atoms with Gasteiger partial charge in [0.05, 0.1) is 6.42 Å². The van der Waals surface area contributed by atoms with Crippen LogP contribution in [0.1, 0.15) is 16.9 Å². The summed E-state index contributed by atoms with van der Waals surface area (Å²) in [5.41, 5.74) is 6.21. The molecule has 1 aliphatic heterocycles. The number of anilines is 1. The van der Waals surface area contributed by atoms with Crippen LogP contribution in [0.5, 0.6) is 0 Å². The Morgan fingerprint density at radius 2 is 2.37 bits per heavy atom. The number of nitrogens with two attached hydrogens (primary N) is 1. The van der Waals surface area contributed by atoms with Crippen LogP contribution in [0.4, 0.5) is 5.69 Å². The normalized spacial score (nSPS) is 19.2. The summed E-state index contributed by atoms with van der Waals surface area (Å²) >= 11 is 1.74. The maximum atomic E-state index is 11.1. The molecule has 1 aliphatic rings. The van der Waals surface area contributed by atoms with Crippen LogP contribution in [0.25, 0.3) is 0 Å². The highest BCUT2D eigenvalue weighted by Crippen LogP contribution is 2.25. The third kappa shape index (κ3) is 3.37. The summed E-state index contributed by atoms with van der Waals surface area (Å²) < 4.78 is 0. The predicted octanol–water partition coefficient (Wildman–Crippen LogP) is 0.577. The number of primary amides is 1. The number of carbonyl (C=O) groups is 2. The van der Waals surface area contributed by atoms with Crippen LogP contribution in [-0.2, 0) is 4.79 Å². The molecule has 1 fully saturated rings. The van der Waals surface area contributed by atoms with E-state index < -0.39 is 11.9 Å². The summed E-state index contributed by atoms with van der Waals surface area (Å²) in [6.45, 7) is 0.755. The number of rotatable bonds is 4. The van der Waals surface area contributed by atoms with Crippen molar-refractivity contribution in [2.24, 2.45) is 5.73 Å². The van der Waals surface area contributed by atoms with Gasteiger partial charge in [-0.1, -0.05) is 0 Å². The minimum Gasteiger partial charge on any atom is -0.481 e. The van der Waals surface area contributed by atoms with E-state index in [0.29, 0.717) is 0 Å². The molecule has 19 heavy (non-hydrogen) atoms. The molecule has 2 heterocycles. The molecule has 1 aromatic rings. The molecule has 102 valence electrons. The minimum absolute atomic E-state index is 0.0700. The monoisotopic (exact) mass is 281 g/mol. The molecule has 0 radical (unpaired) electrons. The Hall–Kier alpha value is -1.76. The maximum Gasteiger partial charge on any atom is 0.305 e. The number of amides is 1. The van der Waals surface area contributed by atoms with E-state index in [4.69, 9.17) is 10.8 Å². The van der Waals surface area contributed by atoms with Crippen molar-refractivity contribution >= 4 is 29.3 Å². The fourth-order valence-electron chi connectivity index (χ4n) is 2.10. The fraction of sp³-hybridized carbons (Fsp3) is 0.417. The molecule has 2 rings (SSSR count). The van der Waals surface area contributed by atoms with Crippen molar-refractivity contribution in [3.63, 3.8) is 0 Å². The van der Waals surface area contributed by atoms with Crippen LogP contribution in [0.3, 0.4) is 0 Å². The number of aromatic nitrogens is 1. The van der Waals surface area contributed by atoms with Gasteiger partial charge in [-0.25, -0.2) is 0 Å². The number of hydrogen-bond donors (Lipinski definition) is 2. The van der Waals surface area contributed by atoms with Gasteiger partial charge in [0.1, 0.15) is 5.69 Å². The smallest absolute Gasteiger partial charge is 0.305 e. The summed E-state index contributed by atoms with van der Waals surface area (Å²) in [5, 5.41) is 8.95. The Kier molecular flexibility index (Phi) is 4.26. The summed E-state index contributed by atoms with van der Waals surface area (Å²) in [6.07, 6.45) is 1.61. The number of carboxylic acids is 1. The van der Waals surface area contributed by atoms with E-state index in [1.807, 2.05) is 4.90 Å². The maximum absolute atomic E-state index is 11.1. The van der Waals surface area contributed by atoms with Crippen LogP contribution in [-0.4, -0.2) is 46.1 Å². The van der Waals surface area contributed by atoms with E-state index in [1.54, 1.807) is 23.9 Å². The highest BCUT2D eigenvalue weighted by Gasteiger charge is 2.25. The van der Waals surface area contributed by atoms with Crippen LogP contribution < -0.4 is 10.6 Å². The molecule has 1 unspecified atom stereocenters. The molecule has 3 N–H and O–H groups in total. The minimum atomic E-state index is -0.818. The van der Waals surface area contributed by atoms with E-state index in [-0.39, 0.29) is 18.2 Å². The molecule has 0 saturated carbocycles. The number of thioether (sulfide) groups is 1. The quantitative estimate of drug-likeness (QED) is 0.838. The highest BCUT2D eigenvalue weighted by molar-refractivity contribution is 7.99. The first-order chi connectivity index (χ1) is 9.08. The van der Waals surface area contributed by atoms with Crippen molar-refractivity contribution < 1.29 is 14.7 Å². The van der Waals surface area contributed by atoms with Gasteiger partial charge >= 0.3 is 5.97 Å². The summed E-state index contributed by atoms with van der Waals surface area (Å²) in [5.74, 6) is 0.301. The molecule has 6 nitrogen and oxygen atoms in total. The van der Waals surface area contributed by atoms with E-state index in [2.05, 4.69) is 4.98 Å². The van der Waals surface area contributed by atoms with Crippen molar-refractivity contribution in [1.82, 2.24) is 4.98 Å². The average Bonchev–Trinajstić information content (AvgIpc) is 2.39. The third-order valence-electron chi connectivity index (χ3n) is 2.97.